The molecule has 7 heteroatoms. The minimum atomic E-state index is 0.242. The molecule has 2 aromatic heterocycles. The summed E-state index contributed by atoms with van der Waals surface area (Å²) in [5, 5.41) is 5.99. The van der Waals surface area contributed by atoms with Gasteiger partial charge in [0.05, 0.1) is 18.0 Å². The van der Waals surface area contributed by atoms with E-state index in [2.05, 4.69) is 29.2 Å². The molecule has 3 fully saturated rings. The highest BCUT2D eigenvalue weighted by molar-refractivity contribution is 7.16. The van der Waals surface area contributed by atoms with E-state index in [1.54, 1.807) is 11.3 Å². The second-order valence-corrected chi connectivity index (χ2v) is 11.4. The SMILES string of the molecule is O=C[C@H]1CC[C@H](c2nn3cc(-c4ccc(N5CCC(OCC6CCC6)CC5)cc4)nc3s2)CC1. The quantitative estimate of drug-likeness (QED) is 0.407. The van der Waals surface area contributed by atoms with E-state index in [9.17, 15) is 4.79 Å². The number of benzene rings is 1. The summed E-state index contributed by atoms with van der Waals surface area (Å²) < 4.78 is 8.10. The van der Waals surface area contributed by atoms with Gasteiger partial charge in [-0.2, -0.15) is 5.10 Å². The Morgan fingerprint density at radius 3 is 2.41 bits per heavy atom. The molecular weight excluding hydrogens is 444 g/mol. The zero-order valence-corrected chi connectivity index (χ0v) is 20.6. The summed E-state index contributed by atoms with van der Waals surface area (Å²) in [5.41, 5.74) is 3.39. The van der Waals surface area contributed by atoms with Crippen LogP contribution < -0.4 is 4.90 Å². The Bertz CT molecular complexity index is 1070. The molecule has 3 aromatic rings. The van der Waals surface area contributed by atoms with Crippen molar-refractivity contribution in [2.24, 2.45) is 11.8 Å². The predicted molar refractivity (Wildman–Crippen MR) is 136 cm³/mol. The standard InChI is InChI=1S/C27H34N4O2S/c32-17-19-4-6-22(7-5-19)26-29-31-16-25(28-27(31)34-26)21-8-10-23(11-9-21)30-14-12-24(13-15-30)33-18-20-2-1-3-20/h8-11,16-17,19-20,22,24H,1-7,12-15,18H2/t19-,22-. The van der Waals surface area contributed by atoms with Crippen LogP contribution in [0.25, 0.3) is 16.2 Å². The van der Waals surface area contributed by atoms with Gasteiger partial charge in [0.15, 0.2) is 0 Å². The van der Waals surface area contributed by atoms with Crippen molar-refractivity contribution in [1.82, 2.24) is 14.6 Å². The number of rotatable bonds is 7. The Hall–Kier alpha value is -2.25. The zero-order valence-electron chi connectivity index (χ0n) is 19.8. The van der Waals surface area contributed by atoms with Gasteiger partial charge >= 0.3 is 0 Å². The number of ether oxygens (including phenoxy) is 1. The molecule has 180 valence electrons. The third-order valence-electron chi connectivity index (χ3n) is 8.13. The molecule has 34 heavy (non-hydrogen) atoms. The van der Waals surface area contributed by atoms with Crippen LogP contribution in [0.5, 0.6) is 0 Å². The molecule has 0 radical (unpaired) electrons. The minimum absolute atomic E-state index is 0.242. The fraction of sp³-hybridized carbons (Fsp3) is 0.593. The normalized spacial score (nSPS) is 24.4. The van der Waals surface area contributed by atoms with Crippen LogP contribution in [0.3, 0.4) is 0 Å². The van der Waals surface area contributed by atoms with Gasteiger partial charge < -0.3 is 14.4 Å². The average molecular weight is 479 g/mol. The molecule has 6 nitrogen and oxygen atoms in total. The Morgan fingerprint density at radius 2 is 1.76 bits per heavy atom. The number of nitrogens with zero attached hydrogens (tertiary/aromatic N) is 4. The molecule has 0 unspecified atom stereocenters. The predicted octanol–water partition coefficient (Wildman–Crippen LogP) is 5.72. The number of aromatic nitrogens is 3. The number of piperidine rings is 1. The van der Waals surface area contributed by atoms with Crippen LogP contribution in [0.4, 0.5) is 5.69 Å². The Labute approximate surface area is 205 Å². The maximum atomic E-state index is 11.0. The lowest BCUT2D eigenvalue weighted by Gasteiger charge is -2.35. The molecule has 0 spiro atoms. The van der Waals surface area contributed by atoms with Gasteiger partial charge in [0.1, 0.15) is 11.3 Å². The van der Waals surface area contributed by atoms with Crippen LogP contribution in [0.1, 0.15) is 68.7 Å². The van der Waals surface area contributed by atoms with Gasteiger partial charge in [-0.25, -0.2) is 9.50 Å². The summed E-state index contributed by atoms with van der Waals surface area (Å²) in [5.74, 6) is 1.54. The lowest BCUT2D eigenvalue weighted by Crippen LogP contribution is -2.37. The van der Waals surface area contributed by atoms with E-state index in [0.29, 0.717) is 12.0 Å². The minimum Gasteiger partial charge on any atom is -0.378 e. The first-order valence-corrected chi connectivity index (χ1v) is 13.8. The second-order valence-electron chi connectivity index (χ2n) is 10.4. The van der Waals surface area contributed by atoms with Crippen LogP contribution in [0.2, 0.25) is 0 Å². The number of hydrogen-bond donors (Lipinski definition) is 0. The number of hydrogen-bond acceptors (Lipinski definition) is 6. The Kier molecular flexibility index (Phi) is 6.39. The lowest BCUT2D eigenvalue weighted by atomic mass is 9.83. The number of anilines is 1. The fourth-order valence-corrected chi connectivity index (χ4v) is 6.63. The Morgan fingerprint density at radius 1 is 1.00 bits per heavy atom. The fourth-order valence-electron chi connectivity index (χ4n) is 5.58. The molecule has 0 N–H and O–H groups in total. The van der Waals surface area contributed by atoms with E-state index < -0.39 is 0 Å². The van der Waals surface area contributed by atoms with Gasteiger partial charge in [0, 0.05) is 42.8 Å². The molecule has 1 aliphatic heterocycles. The van der Waals surface area contributed by atoms with Crippen LogP contribution in [0, 0.1) is 11.8 Å². The van der Waals surface area contributed by atoms with Crippen molar-refractivity contribution >= 4 is 28.3 Å². The van der Waals surface area contributed by atoms with Crippen LogP contribution in [-0.2, 0) is 9.53 Å². The van der Waals surface area contributed by atoms with Crippen molar-refractivity contribution in [2.45, 2.75) is 69.8 Å². The van der Waals surface area contributed by atoms with E-state index in [1.807, 2.05) is 10.7 Å². The molecule has 3 heterocycles. The highest BCUT2D eigenvalue weighted by Gasteiger charge is 2.26. The number of imidazole rings is 1. The number of carbonyl (C=O) groups is 1. The first-order chi connectivity index (χ1) is 16.7. The molecule has 1 aromatic carbocycles. The lowest BCUT2D eigenvalue weighted by molar-refractivity contribution is -0.111. The molecule has 0 atom stereocenters. The summed E-state index contributed by atoms with van der Waals surface area (Å²) >= 11 is 1.70. The van der Waals surface area contributed by atoms with E-state index in [0.717, 1.165) is 91.7 Å². The highest BCUT2D eigenvalue weighted by atomic mass is 32.1. The first kappa shape index (κ1) is 22.2. The van der Waals surface area contributed by atoms with E-state index in [-0.39, 0.29) is 5.92 Å². The summed E-state index contributed by atoms with van der Waals surface area (Å²) in [4.78, 5) is 19.3. The van der Waals surface area contributed by atoms with Crippen molar-refractivity contribution in [3.05, 3.63) is 35.5 Å². The van der Waals surface area contributed by atoms with Gasteiger partial charge in [-0.1, -0.05) is 29.9 Å². The van der Waals surface area contributed by atoms with E-state index in [1.165, 1.54) is 24.9 Å². The van der Waals surface area contributed by atoms with Crippen molar-refractivity contribution in [3.63, 3.8) is 0 Å². The number of aldehydes is 1. The Balaban J connectivity index is 1.05. The third-order valence-corrected chi connectivity index (χ3v) is 9.22. The maximum absolute atomic E-state index is 11.0. The third kappa shape index (κ3) is 4.65. The van der Waals surface area contributed by atoms with Crippen molar-refractivity contribution in [2.75, 3.05) is 24.6 Å². The van der Waals surface area contributed by atoms with Gasteiger partial charge in [0.25, 0.3) is 0 Å². The van der Waals surface area contributed by atoms with E-state index >= 15 is 0 Å². The molecule has 1 saturated heterocycles. The van der Waals surface area contributed by atoms with Gasteiger partial charge in [-0.3, -0.25) is 0 Å². The molecular formula is C27H34N4O2S. The van der Waals surface area contributed by atoms with Gasteiger partial charge in [-0.15, -0.1) is 0 Å². The topological polar surface area (TPSA) is 59.7 Å². The van der Waals surface area contributed by atoms with Crippen molar-refractivity contribution < 1.29 is 9.53 Å². The first-order valence-electron chi connectivity index (χ1n) is 13.0. The molecule has 0 amide bonds. The van der Waals surface area contributed by atoms with Crippen molar-refractivity contribution in [1.29, 1.82) is 0 Å². The maximum Gasteiger partial charge on any atom is 0.212 e. The molecule has 3 aliphatic rings. The molecule has 0 bridgehead atoms. The van der Waals surface area contributed by atoms with Crippen LogP contribution >= 0.6 is 11.3 Å². The highest BCUT2D eigenvalue weighted by Crippen LogP contribution is 2.37. The van der Waals surface area contributed by atoms with Gasteiger partial charge in [-0.05, 0) is 69.4 Å². The summed E-state index contributed by atoms with van der Waals surface area (Å²) in [7, 11) is 0. The monoisotopic (exact) mass is 478 g/mol. The van der Waals surface area contributed by atoms with Gasteiger partial charge in [0.2, 0.25) is 4.96 Å². The van der Waals surface area contributed by atoms with Crippen LogP contribution in [0.15, 0.2) is 30.5 Å². The molecule has 2 saturated carbocycles. The summed E-state index contributed by atoms with van der Waals surface area (Å²) in [6.07, 6.45) is 14.0. The largest absolute Gasteiger partial charge is 0.378 e. The molecule has 2 aliphatic carbocycles. The smallest absolute Gasteiger partial charge is 0.212 e. The second kappa shape index (κ2) is 9.78. The van der Waals surface area contributed by atoms with Crippen molar-refractivity contribution in [3.8, 4) is 11.3 Å². The van der Waals surface area contributed by atoms with E-state index in [4.69, 9.17) is 14.8 Å². The summed E-state index contributed by atoms with van der Waals surface area (Å²) in [6, 6.07) is 8.82. The van der Waals surface area contributed by atoms with Crippen LogP contribution in [-0.4, -0.2) is 46.7 Å². The molecule has 6 rings (SSSR count). The average Bonchev–Trinajstić information content (AvgIpc) is 3.44. The number of carbonyl (C=O) groups excluding carboxylic acids is 1. The summed E-state index contributed by atoms with van der Waals surface area (Å²) in [6.45, 7) is 3.10. The zero-order chi connectivity index (χ0) is 22.9. The number of fused-ring (bicyclic) bond motifs is 1.